The van der Waals surface area contributed by atoms with E-state index in [1.165, 1.54) is 44.3 Å². The molecule has 0 aromatic carbocycles. The molecule has 3 saturated carbocycles. The van der Waals surface area contributed by atoms with Crippen molar-refractivity contribution in [2.24, 2.45) is 0 Å². The van der Waals surface area contributed by atoms with E-state index in [0.717, 1.165) is 17.2 Å². The molecule has 5 heteroatoms. The largest absolute Gasteiger partial charge is 0.383 e. The van der Waals surface area contributed by atoms with E-state index in [1.54, 1.807) is 0 Å². The predicted octanol–water partition coefficient (Wildman–Crippen LogP) is 2.88. The molecule has 0 atom stereocenters. The maximum absolute atomic E-state index is 6.45. The molecule has 0 bridgehead atoms. The molecule has 3 fully saturated rings. The first-order valence-electron chi connectivity index (χ1n) is 7.72. The van der Waals surface area contributed by atoms with Crippen LogP contribution in [0.5, 0.6) is 0 Å². The van der Waals surface area contributed by atoms with E-state index in [-0.39, 0.29) is 0 Å². The minimum Gasteiger partial charge on any atom is -0.383 e. The van der Waals surface area contributed by atoms with Gasteiger partial charge in [-0.25, -0.2) is 9.97 Å². The van der Waals surface area contributed by atoms with Crippen LogP contribution in [0, 0.1) is 0 Å². The Morgan fingerprint density at radius 2 is 1.80 bits per heavy atom. The van der Waals surface area contributed by atoms with E-state index < -0.39 is 0 Å². The number of aromatic nitrogens is 4. The minimum atomic E-state index is 0.601. The lowest BCUT2D eigenvalue weighted by molar-refractivity contribution is 0.691. The lowest BCUT2D eigenvalue weighted by Crippen LogP contribution is -2.04. The Morgan fingerprint density at radius 1 is 1.05 bits per heavy atom. The van der Waals surface area contributed by atoms with E-state index in [2.05, 4.69) is 14.1 Å². The second-order valence-electron chi connectivity index (χ2n) is 6.50. The van der Waals surface area contributed by atoms with Gasteiger partial charge in [-0.1, -0.05) is 0 Å². The summed E-state index contributed by atoms with van der Waals surface area (Å²) in [5.41, 5.74) is 8.52. The average molecular weight is 269 g/mol. The molecule has 20 heavy (non-hydrogen) atoms. The van der Waals surface area contributed by atoms with Crippen LogP contribution in [0.1, 0.15) is 62.4 Å². The molecule has 0 aliphatic heterocycles. The van der Waals surface area contributed by atoms with Crippen LogP contribution in [0.25, 0.3) is 11.4 Å². The van der Waals surface area contributed by atoms with Gasteiger partial charge in [0.15, 0.2) is 0 Å². The molecule has 0 saturated heterocycles. The van der Waals surface area contributed by atoms with E-state index in [1.807, 2.05) is 12.5 Å². The van der Waals surface area contributed by atoms with Gasteiger partial charge in [0.2, 0.25) is 0 Å². The maximum Gasteiger partial charge on any atom is 0.133 e. The molecule has 0 unspecified atom stereocenters. The number of nitrogens with two attached hydrogens (primary N) is 1. The highest BCUT2D eigenvalue weighted by Gasteiger charge is 2.37. The third-order valence-electron chi connectivity index (χ3n) is 4.68. The first-order valence-corrected chi connectivity index (χ1v) is 7.72. The molecular weight excluding hydrogens is 250 g/mol. The van der Waals surface area contributed by atoms with Crippen molar-refractivity contribution in [3.63, 3.8) is 0 Å². The Bertz CT molecular complexity index is 670. The quantitative estimate of drug-likeness (QED) is 0.928. The summed E-state index contributed by atoms with van der Waals surface area (Å²) >= 11 is 0. The fourth-order valence-corrected chi connectivity index (χ4v) is 3.13. The summed E-state index contributed by atoms with van der Waals surface area (Å²) in [5, 5.41) is 0. The van der Waals surface area contributed by atoms with Gasteiger partial charge in [-0.2, -0.15) is 0 Å². The highest BCUT2D eigenvalue weighted by atomic mass is 15.2. The summed E-state index contributed by atoms with van der Waals surface area (Å²) in [6, 6.07) is 1.21. The summed E-state index contributed by atoms with van der Waals surface area (Å²) in [6.07, 6.45) is 11.4. The summed E-state index contributed by atoms with van der Waals surface area (Å²) in [6.45, 7) is 0. The number of hydrogen-bond donors (Lipinski definition) is 1. The Kier molecular flexibility index (Phi) is 2.00. The van der Waals surface area contributed by atoms with Crippen molar-refractivity contribution in [1.29, 1.82) is 0 Å². The van der Waals surface area contributed by atoms with Gasteiger partial charge >= 0.3 is 0 Å². The van der Waals surface area contributed by atoms with Gasteiger partial charge in [-0.3, -0.25) is 0 Å². The Balaban J connectivity index is 1.66. The molecule has 0 spiro atoms. The molecule has 5 rings (SSSR count). The van der Waals surface area contributed by atoms with E-state index in [0.29, 0.717) is 18.0 Å². The van der Waals surface area contributed by atoms with Crippen molar-refractivity contribution in [3.05, 3.63) is 18.3 Å². The second-order valence-corrected chi connectivity index (χ2v) is 6.50. The topological polar surface area (TPSA) is 61.7 Å². The highest BCUT2D eigenvalue weighted by molar-refractivity contribution is 5.69. The third-order valence-corrected chi connectivity index (χ3v) is 4.68. The van der Waals surface area contributed by atoms with Crippen LogP contribution in [-0.4, -0.2) is 19.1 Å². The van der Waals surface area contributed by atoms with Crippen molar-refractivity contribution in [1.82, 2.24) is 19.1 Å². The van der Waals surface area contributed by atoms with Gasteiger partial charge in [-0.15, -0.1) is 0 Å². The smallest absolute Gasteiger partial charge is 0.133 e. The van der Waals surface area contributed by atoms with Crippen molar-refractivity contribution in [3.8, 4) is 11.4 Å². The van der Waals surface area contributed by atoms with Gasteiger partial charge in [0, 0.05) is 18.0 Å². The van der Waals surface area contributed by atoms with Crippen LogP contribution in [0.3, 0.4) is 0 Å². The summed E-state index contributed by atoms with van der Waals surface area (Å²) in [7, 11) is 0. The van der Waals surface area contributed by atoms with Gasteiger partial charge in [-0.05, 0) is 38.5 Å². The lowest BCUT2D eigenvalue weighted by atomic mass is 10.3. The van der Waals surface area contributed by atoms with Gasteiger partial charge < -0.3 is 14.9 Å². The molecule has 3 aliphatic carbocycles. The normalized spacial score (nSPS) is 22.4. The van der Waals surface area contributed by atoms with Crippen LogP contribution < -0.4 is 5.73 Å². The molecule has 104 valence electrons. The van der Waals surface area contributed by atoms with Crippen molar-refractivity contribution < 1.29 is 0 Å². The monoisotopic (exact) mass is 269 g/mol. The zero-order valence-electron chi connectivity index (χ0n) is 11.5. The number of nitrogen functional groups attached to an aromatic ring is 1. The van der Waals surface area contributed by atoms with Gasteiger partial charge in [0.1, 0.15) is 17.3 Å². The van der Waals surface area contributed by atoms with E-state index in [9.17, 15) is 0 Å². The Hall–Kier alpha value is -1.78. The first-order chi connectivity index (χ1) is 9.83. The number of rotatable bonds is 4. The molecule has 2 aromatic rings. The summed E-state index contributed by atoms with van der Waals surface area (Å²) in [5.74, 6) is 2.73. The molecule has 2 heterocycles. The highest BCUT2D eigenvalue weighted by Crippen LogP contribution is 2.48. The zero-order chi connectivity index (χ0) is 13.3. The fourth-order valence-electron chi connectivity index (χ4n) is 3.13. The number of anilines is 1. The molecule has 3 aliphatic rings. The SMILES string of the molecule is Nc1c(-c2cncn2C2CC2)nc(C2CC2)n1C1CC1. The van der Waals surface area contributed by atoms with Crippen LogP contribution in [-0.2, 0) is 0 Å². The first kappa shape index (κ1) is 10.9. The molecule has 5 nitrogen and oxygen atoms in total. The number of hydrogen-bond acceptors (Lipinski definition) is 3. The number of imidazole rings is 2. The third kappa shape index (κ3) is 1.55. The van der Waals surface area contributed by atoms with Crippen molar-refractivity contribution >= 4 is 5.82 Å². The summed E-state index contributed by atoms with van der Waals surface area (Å²) in [4.78, 5) is 9.24. The Labute approximate surface area is 117 Å². The van der Waals surface area contributed by atoms with Crippen molar-refractivity contribution in [2.45, 2.75) is 56.5 Å². The van der Waals surface area contributed by atoms with E-state index in [4.69, 9.17) is 10.7 Å². The number of nitrogens with zero attached hydrogens (tertiary/aromatic N) is 4. The molecule has 0 radical (unpaired) electrons. The maximum atomic E-state index is 6.45. The zero-order valence-corrected chi connectivity index (χ0v) is 11.5. The lowest BCUT2D eigenvalue weighted by Gasteiger charge is -2.08. The van der Waals surface area contributed by atoms with Crippen LogP contribution in [0.4, 0.5) is 5.82 Å². The molecule has 0 amide bonds. The van der Waals surface area contributed by atoms with Crippen molar-refractivity contribution in [2.75, 3.05) is 5.73 Å². The van der Waals surface area contributed by atoms with Gasteiger partial charge in [0.05, 0.1) is 18.2 Å². The predicted molar refractivity (Wildman–Crippen MR) is 76.4 cm³/mol. The fraction of sp³-hybridized carbons (Fsp3) is 0.600. The van der Waals surface area contributed by atoms with Gasteiger partial charge in [0.25, 0.3) is 0 Å². The average Bonchev–Trinajstić information content (AvgIpc) is 3.30. The standard InChI is InChI=1S/C15H19N5/c16-14-13(12-7-17-8-19(12)10-3-4-10)18-15(9-1-2-9)20(14)11-5-6-11/h7-11H,1-6,16H2. The minimum absolute atomic E-state index is 0.601. The molecular formula is C15H19N5. The van der Waals surface area contributed by atoms with Crippen LogP contribution in [0.15, 0.2) is 12.5 Å². The summed E-state index contributed by atoms with van der Waals surface area (Å²) < 4.78 is 4.57. The van der Waals surface area contributed by atoms with Crippen LogP contribution >= 0.6 is 0 Å². The molecule has 2 N–H and O–H groups in total. The Morgan fingerprint density at radius 3 is 2.45 bits per heavy atom. The van der Waals surface area contributed by atoms with Crippen LogP contribution in [0.2, 0.25) is 0 Å². The second kappa shape index (κ2) is 3.65. The van der Waals surface area contributed by atoms with E-state index >= 15 is 0 Å². The molecule has 2 aromatic heterocycles.